The monoisotopic (exact) mass is 463 g/mol. The second-order valence-electron chi connectivity index (χ2n) is 11.5. The van der Waals surface area contributed by atoms with Gasteiger partial charge in [-0.25, -0.2) is 0 Å². The Morgan fingerprint density at radius 1 is 1.15 bits per heavy atom. The summed E-state index contributed by atoms with van der Waals surface area (Å²) < 4.78 is 6.01. The number of nitroso groups, excluding NO2 is 1. The number of hydrogen-bond donors (Lipinski definition) is 1. The van der Waals surface area contributed by atoms with Crippen molar-refractivity contribution in [2.45, 2.75) is 89.9 Å². The molecule has 34 heavy (non-hydrogen) atoms. The second-order valence-corrected chi connectivity index (χ2v) is 11.5. The van der Waals surface area contributed by atoms with Crippen molar-refractivity contribution >= 4 is 5.78 Å². The van der Waals surface area contributed by atoms with Crippen molar-refractivity contribution in [1.29, 1.82) is 0 Å². The number of nitrogens with zero attached hydrogens (tertiary/aromatic N) is 1. The van der Waals surface area contributed by atoms with Crippen molar-refractivity contribution in [2.24, 2.45) is 22.4 Å². The zero-order valence-corrected chi connectivity index (χ0v) is 20.7. The smallest absolute Gasteiger partial charge is 0.156 e. The quantitative estimate of drug-likeness (QED) is 0.524. The Kier molecular flexibility index (Phi) is 6.14. The molecule has 0 heterocycles. The summed E-state index contributed by atoms with van der Waals surface area (Å²) in [5.41, 5.74) is 5.25. The molecule has 0 amide bonds. The minimum absolute atomic E-state index is 0.0878. The molecule has 0 saturated heterocycles. The molecule has 182 valence electrons. The molecule has 5 atom stereocenters. The number of carbonyl (C=O) groups is 1. The molecule has 5 heteroatoms. The van der Waals surface area contributed by atoms with E-state index in [4.69, 9.17) is 4.74 Å². The topological polar surface area (TPSA) is 76.0 Å². The number of rotatable bonds is 6. The van der Waals surface area contributed by atoms with E-state index < -0.39 is 5.60 Å². The van der Waals surface area contributed by atoms with Crippen molar-refractivity contribution in [3.8, 4) is 0 Å². The van der Waals surface area contributed by atoms with E-state index >= 15 is 0 Å². The lowest BCUT2D eigenvalue weighted by Crippen LogP contribution is -2.54. The predicted octanol–water partition coefficient (Wildman–Crippen LogP) is 6.01. The van der Waals surface area contributed by atoms with E-state index in [1.807, 2.05) is 32.1 Å². The van der Waals surface area contributed by atoms with Crippen LogP contribution in [0.2, 0.25) is 0 Å². The number of aliphatic hydroxyl groups is 1. The second kappa shape index (κ2) is 8.83. The normalized spacial score (nSPS) is 35.0. The Labute approximate surface area is 202 Å². The summed E-state index contributed by atoms with van der Waals surface area (Å²) in [6.45, 7) is 6.91. The van der Waals surface area contributed by atoms with Gasteiger partial charge in [-0.15, -0.1) is 0 Å². The first-order valence-electron chi connectivity index (χ1n) is 12.9. The van der Waals surface area contributed by atoms with Crippen molar-refractivity contribution in [3.63, 3.8) is 0 Å². The molecule has 1 aromatic carbocycles. The highest BCUT2D eigenvalue weighted by Gasteiger charge is 2.63. The van der Waals surface area contributed by atoms with E-state index in [1.165, 1.54) is 22.3 Å². The molecule has 1 aromatic rings. The van der Waals surface area contributed by atoms with Gasteiger partial charge in [0.2, 0.25) is 0 Å². The van der Waals surface area contributed by atoms with Crippen LogP contribution in [0.1, 0.15) is 82.8 Å². The van der Waals surface area contributed by atoms with Crippen LogP contribution in [0, 0.1) is 22.2 Å². The van der Waals surface area contributed by atoms with E-state index in [2.05, 4.69) is 24.2 Å². The first kappa shape index (κ1) is 23.6. The molecule has 5 rings (SSSR count). The van der Waals surface area contributed by atoms with Gasteiger partial charge in [0.25, 0.3) is 0 Å². The zero-order chi connectivity index (χ0) is 24.1. The molecule has 0 spiro atoms. The molecule has 0 aromatic heterocycles. The van der Waals surface area contributed by atoms with Crippen molar-refractivity contribution < 1.29 is 14.6 Å². The first-order valence-corrected chi connectivity index (χ1v) is 12.9. The first-order chi connectivity index (χ1) is 16.3. The van der Waals surface area contributed by atoms with Gasteiger partial charge in [0, 0.05) is 17.8 Å². The van der Waals surface area contributed by atoms with E-state index in [0.717, 1.165) is 44.1 Å². The summed E-state index contributed by atoms with van der Waals surface area (Å²) in [5.74, 6) is 1.29. The lowest BCUT2D eigenvalue weighted by atomic mass is 9.51. The van der Waals surface area contributed by atoms with Gasteiger partial charge < -0.3 is 9.84 Å². The SMILES string of the molecule is CC(C)OC[C@]1(O)CC[C@H]2[C@@H]3CCC4=CC(=O)CCC4=C3[C@@H](c3ccc(CN=O)cc3)C[C@@]21C. The number of ether oxygens (including phenoxy) is 1. The molecule has 4 aliphatic carbocycles. The van der Waals surface area contributed by atoms with Crippen molar-refractivity contribution in [3.05, 3.63) is 63.1 Å². The Balaban J connectivity index is 1.60. The molecule has 0 unspecified atom stereocenters. The van der Waals surface area contributed by atoms with Gasteiger partial charge in [-0.1, -0.05) is 41.9 Å². The van der Waals surface area contributed by atoms with E-state index in [1.54, 1.807) is 0 Å². The number of benzene rings is 1. The van der Waals surface area contributed by atoms with Crippen molar-refractivity contribution in [1.82, 2.24) is 0 Å². The third kappa shape index (κ3) is 3.81. The standard InChI is InChI=1S/C29H37NO4/c1-18(2)34-17-29(32)13-12-26-24-10-8-21-14-22(31)9-11-23(21)27(24)25(15-28(26,29)3)20-6-4-19(5-7-20)16-30-33/h4-7,14,18,24-26,32H,8-13,15-17H2,1-3H3/t24-,25+,26-,28-,29+/m0/s1. The van der Waals surface area contributed by atoms with Crippen LogP contribution in [0.15, 0.2) is 52.2 Å². The Hall–Kier alpha value is -2.11. The molecular weight excluding hydrogens is 426 g/mol. The van der Waals surface area contributed by atoms with Crippen LogP contribution < -0.4 is 0 Å². The highest BCUT2D eigenvalue weighted by Crippen LogP contribution is 2.66. The Bertz CT molecular complexity index is 1040. The summed E-state index contributed by atoms with van der Waals surface area (Å²) in [6.07, 6.45) is 8.09. The lowest BCUT2D eigenvalue weighted by molar-refractivity contribution is -0.143. The Morgan fingerprint density at radius 3 is 2.62 bits per heavy atom. The summed E-state index contributed by atoms with van der Waals surface area (Å²) in [6, 6.07) is 8.31. The fourth-order valence-corrected chi connectivity index (χ4v) is 7.53. The minimum atomic E-state index is -0.837. The Morgan fingerprint density at radius 2 is 1.91 bits per heavy atom. The zero-order valence-electron chi connectivity index (χ0n) is 20.7. The third-order valence-corrected chi connectivity index (χ3v) is 9.34. The average molecular weight is 464 g/mol. The molecule has 5 nitrogen and oxygen atoms in total. The fraction of sp³-hybridized carbons (Fsp3) is 0.621. The maximum atomic E-state index is 12.2. The number of ketones is 1. The molecule has 2 saturated carbocycles. The fourth-order valence-electron chi connectivity index (χ4n) is 7.53. The predicted molar refractivity (Wildman–Crippen MR) is 132 cm³/mol. The minimum Gasteiger partial charge on any atom is -0.387 e. The summed E-state index contributed by atoms with van der Waals surface area (Å²) in [7, 11) is 0. The average Bonchev–Trinajstić information content (AvgIpc) is 3.08. The molecule has 0 radical (unpaired) electrons. The van der Waals surface area contributed by atoms with E-state index in [9.17, 15) is 14.8 Å². The maximum absolute atomic E-state index is 12.2. The van der Waals surface area contributed by atoms with Crippen LogP contribution in [-0.4, -0.2) is 29.2 Å². The summed E-state index contributed by atoms with van der Waals surface area (Å²) in [5, 5.41) is 15.0. The molecule has 0 bridgehead atoms. The third-order valence-electron chi connectivity index (χ3n) is 9.34. The molecule has 4 aliphatic rings. The van der Waals surface area contributed by atoms with Crippen molar-refractivity contribution in [2.75, 3.05) is 6.61 Å². The number of carbonyl (C=O) groups excluding carboxylic acids is 1. The number of fused-ring (bicyclic) bond motifs is 4. The van der Waals surface area contributed by atoms with Gasteiger partial charge in [-0.2, -0.15) is 4.91 Å². The van der Waals surface area contributed by atoms with Gasteiger partial charge in [0.15, 0.2) is 5.78 Å². The van der Waals surface area contributed by atoms with Crippen LogP contribution in [0.3, 0.4) is 0 Å². The lowest BCUT2D eigenvalue weighted by Gasteiger charge is -2.55. The highest BCUT2D eigenvalue weighted by molar-refractivity contribution is 5.93. The highest BCUT2D eigenvalue weighted by atomic mass is 16.5. The van der Waals surface area contributed by atoms with Crippen LogP contribution in [0.25, 0.3) is 0 Å². The van der Waals surface area contributed by atoms with Crippen LogP contribution in [0.4, 0.5) is 0 Å². The van der Waals surface area contributed by atoms with Gasteiger partial charge in [-0.05, 0) is 92.6 Å². The molecule has 1 N–H and O–H groups in total. The largest absolute Gasteiger partial charge is 0.387 e. The number of allylic oxidation sites excluding steroid dienone is 4. The van der Waals surface area contributed by atoms with Gasteiger partial charge >= 0.3 is 0 Å². The van der Waals surface area contributed by atoms with E-state index in [0.29, 0.717) is 24.9 Å². The van der Waals surface area contributed by atoms with Gasteiger partial charge in [0.05, 0.1) is 18.3 Å². The van der Waals surface area contributed by atoms with Gasteiger partial charge in [-0.3, -0.25) is 4.79 Å². The van der Waals surface area contributed by atoms with Crippen LogP contribution >= 0.6 is 0 Å². The van der Waals surface area contributed by atoms with Crippen LogP contribution in [-0.2, 0) is 16.1 Å². The maximum Gasteiger partial charge on any atom is 0.156 e. The number of hydrogen-bond acceptors (Lipinski definition) is 5. The molecular formula is C29H37NO4. The van der Waals surface area contributed by atoms with E-state index in [-0.39, 0.29) is 29.8 Å². The molecule has 2 fully saturated rings. The summed E-state index contributed by atoms with van der Waals surface area (Å²) in [4.78, 5) is 22.9. The van der Waals surface area contributed by atoms with Gasteiger partial charge in [0.1, 0.15) is 6.54 Å². The molecule has 0 aliphatic heterocycles. The van der Waals surface area contributed by atoms with Crippen LogP contribution in [0.5, 0.6) is 0 Å². The summed E-state index contributed by atoms with van der Waals surface area (Å²) >= 11 is 0.